The van der Waals surface area contributed by atoms with Gasteiger partial charge in [0.15, 0.2) is 17.3 Å². The number of aromatic hydroxyl groups is 1. The third-order valence-electron chi connectivity index (χ3n) is 3.62. The average molecular weight is 477 g/mol. The first-order valence-corrected chi connectivity index (χ1v) is 9.38. The SMILES string of the molecule is O=C(c1cc(Cl)ccc1O)C(Br)C(Br)c1ccc2c(c1)OCCO2. The van der Waals surface area contributed by atoms with Crippen LogP contribution < -0.4 is 9.47 Å². The van der Waals surface area contributed by atoms with Crippen LogP contribution in [0.25, 0.3) is 0 Å². The lowest BCUT2D eigenvalue weighted by atomic mass is 10.0. The number of benzene rings is 2. The quantitative estimate of drug-likeness (QED) is 0.504. The van der Waals surface area contributed by atoms with Crippen molar-refractivity contribution in [2.45, 2.75) is 9.65 Å². The number of carbonyl (C=O) groups excluding carboxylic acids is 1. The first kappa shape index (κ1) is 17.6. The number of hydrogen-bond donors (Lipinski definition) is 1. The zero-order valence-corrected chi connectivity index (χ0v) is 16.3. The van der Waals surface area contributed by atoms with Crippen LogP contribution in [-0.4, -0.2) is 28.9 Å². The first-order chi connectivity index (χ1) is 11.5. The summed E-state index contributed by atoms with van der Waals surface area (Å²) in [4.78, 5) is 11.8. The van der Waals surface area contributed by atoms with Crippen LogP contribution in [0.4, 0.5) is 0 Å². The molecule has 0 spiro atoms. The largest absolute Gasteiger partial charge is 0.507 e. The second-order valence-electron chi connectivity index (χ2n) is 5.23. The van der Waals surface area contributed by atoms with Gasteiger partial charge in [-0.1, -0.05) is 49.5 Å². The summed E-state index contributed by atoms with van der Waals surface area (Å²) < 4.78 is 11.1. The maximum absolute atomic E-state index is 12.7. The second-order valence-corrected chi connectivity index (χ2v) is 7.64. The molecular formula is C17H13Br2ClO4. The van der Waals surface area contributed by atoms with E-state index in [4.69, 9.17) is 21.1 Å². The molecule has 0 fully saturated rings. The minimum atomic E-state index is -0.593. The number of phenols is 1. The molecular weight excluding hydrogens is 463 g/mol. The molecule has 0 amide bonds. The number of phenolic OH excluding ortho intramolecular Hbond substituents is 1. The van der Waals surface area contributed by atoms with E-state index < -0.39 is 4.83 Å². The maximum Gasteiger partial charge on any atom is 0.181 e. The first-order valence-electron chi connectivity index (χ1n) is 7.18. The van der Waals surface area contributed by atoms with Gasteiger partial charge in [0, 0.05) is 5.02 Å². The maximum atomic E-state index is 12.7. The molecule has 0 saturated heterocycles. The Hall–Kier alpha value is -1.24. The third kappa shape index (κ3) is 3.55. The predicted molar refractivity (Wildman–Crippen MR) is 99.3 cm³/mol. The molecule has 2 aromatic rings. The Morgan fingerprint density at radius 3 is 2.54 bits per heavy atom. The molecule has 1 N–H and O–H groups in total. The highest BCUT2D eigenvalue weighted by atomic mass is 79.9. The Kier molecular flexibility index (Phi) is 5.37. The van der Waals surface area contributed by atoms with E-state index >= 15 is 0 Å². The number of hydrogen-bond acceptors (Lipinski definition) is 4. The molecule has 0 bridgehead atoms. The summed E-state index contributed by atoms with van der Waals surface area (Å²) in [7, 11) is 0. The van der Waals surface area contributed by atoms with E-state index in [2.05, 4.69) is 31.9 Å². The fourth-order valence-electron chi connectivity index (χ4n) is 2.39. The zero-order chi connectivity index (χ0) is 17.3. The standard InChI is InChI=1S/C17H13Br2ClO4/c18-15(9-1-4-13-14(7-9)24-6-5-23-13)16(19)17(22)11-8-10(20)2-3-12(11)21/h1-4,7-8,15-16,21H,5-6H2. The Labute approximate surface area is 161 Å². The molecule has 7 heteroatoms. The molecule has 24 heavy (non-hydrogen) atoms. The number of Topliss-reactive ketones (excluding diaryl/α,β-unsaturated/α-hetero) is 1. The van der Waals surface area contributed by atoms with Crippen molar-refractivity contribution >= 4 is 49.2 Å². The van der Waals surface area contributed by atoms with Gasteiger partial charge >= 0.3 is 0 Å². The Balaban J connectivity index is 1.85. The van der Waals surface area contributed by atoms with Gasteiger partial charge in [-0.05, 0) is 35.9 Å². The molecule has 0 aliphatic carbocycles. The summed E-state index contributed by atoms with van der Waals surface area (Å²) in [5.74, 6) is 0.970. The number of carbonyl (C=O) groups is 1. The number of rotatable bonds is 4. The van der Waals surface area contributed by atoms with E-state index in [0.717, 1.165) is 5.56 Å². The van der Waals surface area contributed by atoms with Crippen molar-refractivity contribution in [2.24, 2.45) is 0 Å². The van der Waals surface area contributed by atoms with Gasteiger partial charge in [0.25, 0.3) is 0 Å². The molecule has 0 saturated carbocycles. The lowest BCUT2D eigenvalue weighted by Gasteiger charge is -2.21. The second kappa shape index (κ2) is 7.33. The van der Waals surface area contributed by atoms with Crippen LogP contribution in [-0.2, 0) is 0 Å². The van der Waals surface area contributed by atoms with Gasteiger partial charge in [-0.25, -0.2) is 0 Å². The third-order valence-corrected chi connectivity index (χ3v) is 6.56. The lowest BCUT2D eigenvalue weighted by Crippen LogP contribution is -2.20. The average Bonchev–Trinajstić information content (AvgIpc) is 2.61. The summed E-state index contributed by atoms with van der Waals surface area (Å²) in [6.45, 7) is 1.02. The molecule has 1 aliphatic rings. The highest BCUT2D eigenvalue weighted by Crippen LogP contribution is 2.39. The number of halogens is 3. The molecule has 126 valence electrons. The van der Waals surface area contributed by atoms with E-state index in [1.165, 1.54) is 18.2 Å². The van der Waals surface area contributed by atoms with Crippen molar-refractivity contribution in [2.75, 3.05) is 13.2 Å². The molecule has 1 heterocycles. The fraction of sp³-hybridized carbons (Fsp3) is 0.235. The molecule has 2 aromatic carbocycles. The monoisotopic (exact) mass is 474 g/mol. The van der Waals surface area contributed by atoms with Gasteiger partial charge in [0.05, 0.1) is 15.2 Å². The highest BCUT2D eigenvalue weighted by molar-refractivity contribution is 9.12. The van der Waals surface area contributed by atoms with Crippen molar-refractivity contribution in [3.8, 4) is 17.2 Å². The van der Waals surface area contributed by atoms with E-state index in [1.807, 2.05) is 18.2 Å². The van der Waals surface area contributed by atoms with E-state index in [0.29, 0.717) is 29.7 Å². The van der Waals surface area contributed by atoms with Crippen LogP contribution in [0, 0.1) is 0 Å². The molecule has 0 radical (unpaired) electrons. The van der Waals surface area contributed by atoms with Crippen LogP contribution in [0.1, 0.15) is 20.7 Å². The van der Waals surface area contributed by atoms with Gasteiger partial charge < -0.3 is 14.6 Å². The van der Waals surface area contributed by atoms with Crippen molar-refractivity contribution in [1.82, 2.24) is 0 Å². The van der Waals surface area contributed by atoms with E-state index in [1.54, 1.807) is 0 Å². The van der Waals surface area contributed by atoms with Crippen LogP contribution in [0.2, 0.25) is 5.02 Å². The van der Waals surface area contributed by atoms with Crippen molar-refractivity contribution in [3.05, 3.63) is 52.5 Å². The highest BCUT2D eigenvalue weighted by Gasteiger charge is 2.29. The fourth-order valence-corrected chi connectivity index (χ4v) is 3.64. The number of fused-ring (bicyclic) bond motifs is 1. The molecule has 2 atom stereocenters. The number of alkyl halides is 2. The summed E-state index contributed by atoms with van der Waals surface area (Å²) >= 11 is 12.9. The minimum absolute atomic E-state index is 0.101. The van der Waals surface area contributed by atoms with Gasteiger partial charge in [-0.3, -0.25) is 4.79 Å². The topological polar surface area (TPSA) is 55.8 Å². The summed E-state index contributed by atoms with van der Waals surface area (Å²) in [6.07, 6.45) is 0. The van der Waals surface area contributed by atoms with Crippen molar-refractivity contribution < 1.29 is 19.4 Å². The van der Waals surface area contributed by atoms with Gasteiger partial charge in [-0.15, -0.1) is 0 Å². The molecule has 4 nitrogen and oxygen atoms in total. The summed E-state index contributed by atoms with van der Waals surface area (Å²) in [5.41, 5.74) is 1.03. The van der Waals surface area contributed by atoms with Crippen LogP contribution in [0.3, 0.4) is 0 Å². The van der Waals surface area contributed by atoms with E-state index in [-0.39, 0.29) is 21.9 Å². The smallest absolute Gasteiger partial charge is 0.181 e. The zero-order valence-electron chi connectivity index (χ0n) is 12.3. The Bertz CT molecular complexity index is 781. The normalized spacial score (nSPS) is 15.6. The summed E-state index contributed by atoms with van der Waals surface area (Å²) in [6, 6.07) is 9.92. The minimum Gasteiger partial charge on any atom is -0.507 e. The van der Waals surface area contributed by atoms with Crippen LogP contribution in [0.15, 0.2) is 36.4 Å². The lowest BCUT2D eigenvalue weighted by molar-refractivity contribution is 0.0988. The Morgan fingerprint density at radius 2 is 1.79 bits per heavy atom. The number of ether oxygens (including phenoxy) is 2. The molecule has 3 rings (SSSR count). The van der Waals surface area contributed by atoms with Gasteiger partial charge in [0.2, 0.25) is 0 Å². The number of ketones is 1. The Morgan fingerprint density at radius 1 is 1.08 bits per heavy atom. The molecule has 0 aromatic heterocycles. The predicted octanol–water partition coefficient (Wildman–Crippen LogP) is 4.90. The molecule has 1 aliphatic heterocycles. The van der Waals surface area contributed by atoms with Crippen molar-refractivity contribution in [3.63, 3.8) is 0 Å². The van der Waals surface area contributed by atoms with Crippen LogP contribution in [0.5, 0.6) is 17.2 Å². The molecule has 2 unspecified atom stereocenters. The van der Waals surface area contributed by atoms with Crippen molar-refractivity contribution in [1.29, 1.82) is 0 Å². The summed E-state index contributed by atoms with van der Waals surface area (Å²) in [5, 5.41) is 10.3. The van der Waals surface area contributed by atoms with E-state index in [9.17, 15) is 9.90 Å². The van der Waals surface area contributed by atoms with Gasteiger partial charge in [0.1, 0.15) is 19.0 Å². The van der Waals surface area contributed by atoms with Crippen LogP contribution >= 0.6 is 43.5 Å². The van der Waals surface area contributed by atoms with Gasteiger partial charge in [-0.2, -0.15) is 0 Å².